The highest BCUT2D eigenvalue weighted by atomic mass is 79.9. The second-order valence-corrected chi connectivity index (χ2v) is 5.34. The molecule has 2 aromatic rings. The molecular formula is C16H12BrFN2O. The number of carbonyl (C=O) groups excluding carboxylic acids is 1. The van der Waals surface area contributed by atoms with Crippen LogP contribution in [0.1, 0.15) is 5.56 Å². The molecule has 0 spiro atoms. The molecule has 0 fully saturated rings. The summed E-state index contributed by atoms with van der Waals surface area (Å²) in [7, 11) is 0. The third kappa shape index (κ3) is 4.14. The predicted molar refractivity (Wildman–Crippen MR) is 82.0 cm³/mol. The Bertz CT molecular complexity index is 682. The first-order valence-corrected chi connectivity index (χ1v) is 7.09. The maximum absolute atomic E-state index is 13.4. The van der Waals surface area contributed by atoms with E-state index in [2.05, 4.69) is 21.2 Å². The molecule has 0 bridgehead atoms. The van der Waals surface area contributed by atoms with Gasteiger partial charge in [0.1, 0.15) is 11.7 Å². The minimum absolute atomic E-state index is 0.321. The second-order valence-electron chi connectivity index (χ2n) is 4.49. The van der Waals surface area contributed by atoms with Crippen LogP contribution in [-0.2, 0) is 11.2 Å². The molecule has 1 unspecified atom stereocenters. The van der Waals surface area contributed by atoms with Crippen molar-refractivity contribution < 1.29 is 9.18 Å². The van der Waals surface area contributed by atoms with Gasteiger partial charge in [0.25, 0.3) is 0 Å². The molecule has 3 nitrogen and oxygen atoms in total. The van der Waals surface area contributed by atoms with Gasteiger partial charge in [-0.05, 0) is 46.1 Å². The SMILES string of the molecule is N#CC(Cc1ccccc1)C(=O)Nc1ccc(Br)c(F)c1. The molecule has 0 aromatic heterocycles. The van der Waals surface area contributed by atoms with Crippen LogP contribution in [0.25, 0.3) is 0 Å². The molecular weight excluding hydrogens is 335 g/mol. The number of hydrogen-bond donors (Lipinski definition) is 1. The summed E-state index contributed by atoms with van der Waals surface area (Å²) in [5.74, 6) is -1.73. The monoisotopic (exact) mass is 346 g/mol. The number of nitrogens with zero attached hydrogens (tertiary/aromatic N) is 1. The van der Waals surface area contributed by atoms with Gasteiger partial charge in [0, 0.05) is 5.69 Å². The summed E-state index contributed by atoms with van der Waals surface area (Å²) >= 11 is 3.04. The van der Waals surface area contributed by atoms with E-state index in [4.69, 9.17) is 5.26 Å². The minimum Gasteiger partial charge on any atom is -0.325 e. The normalized spacial score (nSPS) is 11.5. The lowest BCUT2D eigenvalue weighted by Crippen LogP contribution is -2.23. The van der Waals surface area contributed by atoms with Gasteiger partial charge in [-0.2, -0.15) is 5.26 Å². The first-order chi connectivity index (χ1) is 10.1. The lowest BCUT2D eigenvalue weighted by Gasteiger charge is -2.10. The van der Waals surface area contributed by atoms with Crippen molar-refractivity contribution >= 4 is 27.5 Å². The number of benzene rings is 2. The van der Waals surface area contributed by atoms with Crippen LogP contribution in [0.2, 0.25) is 0 Å². The van der Waals surface area contributed by atoms with E-state index in [1.54, 1.807) is 6.07 Å². The number of amides is 1. The van der Waals surface area contributed by atoms with Gasteiger partial charge in [-0.1, -0.05) is 30.3 Å². The van der Waals surface area contributed by atoms with Crippen molar-refractivity contribution in [3.63, 3.8) is 0 Å². The number of nitrogens with one attached hydrogen (secondary N) is 1. The van der Waals surface area contributed by atoms with Crippen LogP contribution in [0.5, 0.6) is 0 Å². The molecule has 0 saturated heterocycles. The lowest BCUT2D eigenvalue weighted by molar-refractivity contribution is -0.118. The highest BCUT2D eigenvalue weighted by Gasteiger charge is 2.18. The second kappa shape index (κ2) is 7.00. The topological polar surface area (TPSA) is 52.9 Å². The number of hydrogen-bond acceptors (Lipinski definition) is 2. The fourth-order valence-corrected chi connectivity index (χ4v) is 2.10. The summed E-state index contributed by atoms with van der Waals surface area (Å²) in [6.45, 7) is 0. The third-order valence-electron chi connectivity index (χ3n) is 2.94. The molecule has 21 heavy (non-hydrogen) atoms. The van der Waals surface area contributed by atoms with Crippen molar-refractivity contribution in [1.82, 2.24) is 0 Å². The molecule has 1 atom stereocenters. The minimum atomic E-state index is -0.820. The Morgan fingerprint density at radius 3 is 2.62 bits per heavy atom. The summed E-state index contributed by atoms with van der Waals surface area (Å²) in [6.07, 6.45) is 0.322. The zero-order valence-electron chi connectivity index (χ0n) is 11.0. The van der Waals surface area contributed by atoms with Crippen LogP contribution in [0.15, 0.2) is 53.0 Å². The highest BCUT2D eigenvalue weighted by Crippen LogP contribution is 2.20. The van der Waals surface area contributed by atoms with Gasteiger partial charge in [-0.25, -0.2) is 4.39 Å². The smallest absolute Gasteiger partial charge is 0.242 e. The Hall–Kier alpha value is -2.19. The number of anilines is 1. The van der Waals surface area contributed by atoms with Gasteiger partial charge in [-0.15, -0.1) is 0 Å². The van der Waals surface area contributed by atoms with Crippen molar-refractivity contribution in [2.24, 2.45) is 5.92 Å². The maximum atomic E-state index is 13.4. The highest BCUT2D eigenvalue weighted by molar-refractivity contribution is 9.10. The summed E-state index contributed by atoms with van der Waals surface area (Å²) in [4.78, 5) is 12.1. The van der Waals surface area contributed by atoms with E-state index in [1.165, 1.54) is 12.1 Å². The Balaban J connectivity index is 2.07. The van der Waals surface area contributed by atoms with Crippen LogP contribution in [-0.4, -0.2) is 5.91 Å². The van der Waals surface area contributed by atoms with E-state index in [9.17, 15) is 9.18 Å². The number of rotatable bonds is 4. The Morgan fingerprint density at radius 2 is 2.00 bits per heavy atom. The molecule has 2 rings (SSSR count). The number of halogens is 2. The van der Waals surface area contributed by atoms with Crippen molar-refractivity contribution in [2.75, 3.05) is 5.32 Å². The standard InChI is InChI=1S/C16H12BrFN2O/c17-14-7-6-13(9-15(14)18)20-16(21)12(10-19)8-11-4-2-1-3-5-11/h1-7,9,12H,8H2,(H,20,21). The summed E-state index contributed by atoms with van der Waals surface area (Å²) in [6, 6.07) is 15.6. The lowest BCUT2D eigenvalue weighted by atomic mass is 10.00. The molecule has 106 valence electrons. The average molecular weight is 347 g/mol. The van der Waals surface area contributed by atoms with Crippen LogP contribution in [0.4, 0.5) is 10.1 Å². The van der Waals surface area contributed by atoms with E-state index >= 15 is 0 Å². The van der Waals surface area contributed by atoms with Crippen molar-refractivity contribution in [1.29, 1.82) is 5.26 Å². The fraction of sp³-hybridized carbons (Fsp3) is 0.125. The Morgan fingerprint density at radius 1 is 1.29 bits per heavy atom. The van der Waals surface area contributed by atoms with Crippen molar-refractivity contribution in [3.8, 4) is 6.07 Å². The van der Waals surface area contributed by atoms with Crippen LogP contribution >= 0.6 is 15.9 Å². The molecule has 5 heteroatoms. The number of nitriles is 1. The molecule has 0 radical (unpaired) electrons. The zero-order valence-corrected chi connectivity index (χ0v) is 12.6. The van der Waals surface area contributed by atoms with Gasteiger partial charge in [0.2, 0.25) is 5.91 Å². The largest absolute Gasteiger partial charge is 0.325 e. The van der Waals surface area contributed by atoms with Crippen LogP contribution in [0.3, 0.4) is 0 Å². The van der Waals surface area contributed by atoms with Gasteiger partial charge in [-0.3, -0.25) is 4.79 Å². The molecule has 0 aliphatic heterocycles. The average Bonchev–Trinajstić information content (AvgIpc) is 2.49. The van der Waals surface area contributed by atoms with E-state index in [-0.39, 0.29) is 0 Å². The van der Waals surface area contributed by atoms with Crippen molar-refractivity contribution in [2.45, 2.75) is 6.42 Å². The quantitative estimate of drug-likeness (QED) is 0.912. The van der Waals surface area contributed by atoms with E-state index in [1.807, 2.05) is 36.4 Å². The third-order valence-corrected chi connectivity index (χ3v) is 3.59. The van der Waals surface area contributed by atoms with Gasteiger partial charge >= 0.3 is 0 Å². The predicted octanol–water partition coefficient (Wildman–Crippen LogP) is 3.91. The first-order valence-electron chi connectivity index (χ1n) is 6.29. The number of carbonyl (C=O) groups is 1. The molecule has 0 saturated carbocycles. The van der Waals surface area contributed by atoms with E-state index < -0.39 is 17.6 Å². The van der Waals surface area contributed by atoms with E-state index in [0.29, 0.717) is 16.6 Å². The molecule has 2 aromatic carbocycles. The Labute approximate surface area is 130 Å². The van der Waals surface area contributed by atoms with Crippen LogP contribution in [0, 0.1) is 23.1 Å². The van der Waals surface area contributed by atoms with Gasteiger partial charge < -0.3 is 5.32 Å². The van der Waals surface area contributed by atoms with Gasteiger partial charge in [0.05, 0.1) is 10.5 Å². The maximum Gasteiger partial charge on any atom is 0.242 e. The molecule has 1 amide bonds. The van der Waals surface area contributed by atoms with Gasteiger partial charge in [0.15, 0.2) is 0 Å². The summed E-state index contributed by atoms with van der Waals surface area (Å²) < 4.78 is 13.7. The molecule has 1 N–H and O–H groups in total. The molecule has 0 heterocycles. The first kappa shape index (κ1) is 15.2. The zero-order chi connectivity index (χ0) is 15.2. The van der Waals surface area contributed by atoms with Crippen LogP contribution < -0.4 is 5.32 Å². The van der Waals surface area contributed by atoms with E-state index in [0.717, 1.165) is 5.56 Å². The summed E-state index contributed by atoms with van der Waals surface area (Å²) in [5.41, 5.74) is 1.23. The molecule has 0 aliphatic rings. The molecule has 0 aliphatic carbocycles. The fourth-order valence-electron chi connectivity index (χ4n) is 1.85. The summed E-state index contributed by atoms with van der Waals surface area (Å²) in [5, 5.41) is 11.7. The van der Waals surface area contributed by atoms with Crippen molar-refractivity contribution in [3.05, 3.63) is 64.4 Å². The Kier molecular flexibility index (Phi) is 5.07.